The van der Waals surface area contributed by atoms with Gasteiger partial charge in [-0.25, -0.2) is 18.4 Å². The molecule has 124 valence electrons. The van der Waals surface area contributed by atoms with Crippen molar-refractivity contribution in [3.05, 3.63) is 48.1 Å². The summed E-state index contributed by atoms with van der Waals surface area (Å²) < 4.78 is 34.2. The van der Waals surface area contributed by atoms with Crippen molar-refractivity contribution in [3.63, 3.8) is 0 Å². The highest BCUT2D eigenvalue weighted by Crippen LogP contribution is 2.29. The van der Waals surface area contributed by atoms with Gasteiger partial charge in [-0.2, -0.15) is 10.2 Å². The number of hydrogen-bond acceptors (Lipinski definition) is 4. The molecule has 4 rings (SSSR count). The number of rotatable bonds is 3. The highest BCUT2D eigenvalue weighted by Gasteiger charge is 2.24. The summed E-state index contributed by atoms with van der Waals surface area (Å²) >= 11 is 0. The molecule has 1 saturated heterocycles. The number of H-pyrrole nitrogens is 1. The van der Waals surface area contributed by atoms with Crippen LogP contribution in [0, 0.1) is 11.6 Å². The van der Waals surface area contributed by atoms with E-state index in [0.29, 0.717) is 30.4 Å². The van der Waals surface area contributed by atoms with E-state index in [0.717, 1.165) is 18.9 Å². The minimum Gasteiger partial charge on any atom is -0.381 e. The molecule has 0 aliphatic carbocycles. The van der Waals surface area contributed by atoms with Gasteiger partial charge in [-0.1, -0.05) is 0 Å². The normalized spacial score (nSPS) is 15.8. The van der Waals surface area contributed by atoms with Gasteiger partial charge in [-0.05, 0) is 25.0 Å². The van der Waals surface area contributed by atoms with Gasteiger partial charge in [0.15, 0.2) is 17.5 Å². The number of aromatic nitrogens is 5. The van der Waals surface area contributed by atoms with Crippen LogP contribution < -0.4 is 0 Å². The minimum atomic E-state index is -0.692. The van der Waals surface area contributed by atoms with Crippen molar-refractivity contribution in [3.8, 4) is 17.1 Å². The van der Waals surface area contributed by atoms with Crippen LogP contribution in [0.3, 0.4) is 0 Å². The van der Waals surface area contributed by atoms with E-state index >= 15 is 0 Å². The fraction of sp³-hybridized carbons (Fsp3) is 0.312. The molecule has 0 spiro atoms. The molecule has 0 amide bonds. The van der Waals surface area contributed by atoms with E-state index < -0.39 is 11.6 Å². The average Bonchev–Trinajstić information content (AvgIpc) is 3.25. The van der Waals surface area contributed by atoms with Gasteiger partial charge in [0.1, 0.15) is 11.5 Å². The van der Waals surface area contributed by atoms with E-state index in [1.807, 2.05) is 0 Å². The van der Waals surface area contributed by atoms with E-state index in [-0.39, 0.29) is 11.6 Å². The molecule has 6 nitrogen and oxygen atoms in total. The third kappa shape index (κ3) is 2.69. The Hall–Kier alpha value is -2.61. The fourth-order valence-electron chi connectivity index (χ4n) is 2.84. The summed E-state index contributed by atoms with van der Waals surface area (Å²) in [6, 6.07) is 3.40. The fourth-order valence-corrected chi connectivity index (χ4v) is 2.84. The van der Waals surface area contributed by atoms with Crippen LogP contribution in [0.1, 0.15) is 24.6 Å². The minimum absolute atomic E-state index is 0.151. The van der Waals surface area contributed by atoms with Gasteiger partial charge in [0, 0.05) is 31.4 Å². The van der Waals surface area contributed by atoms with Gasteiger partial charge in [-0.15, -0.1) is 0 Å². The van der Waals surface area contributed by atoms with Crippen molar-refractivity contribution < 1.29 is 13.5 Å². The first-order valence-corrected chi connectivity index (χ1v) is 7.71. The van der Waals surface area contributed by atoms with Gasteiger partial charge >= 0.3 is 0 Å². The van der Waals surface area contributed by atoms with Crippen LogP contribution in [-0.2, 0) is 4.74 Å². The van der Waals surface area contributed by atoms with Crippen LogP contribution in [0.4, 0.5) is 8.78 Å². The maximum absolute atomic E-state index is 14.2. The Balaban J connectivity index is 1.83. The molecule has 0 atom stereocenters. The SMILES string of the molecule is Fc1ccc(-n2nc(C3CCOCC3)nc2-c2cn[nH]c2)c(F)c1. The lowest BCUT2D eigenvalue weighted by atomic mass is 10.00. The van der Waals surface area contributed by atoms with E-state index in [1.165, 1.54) is 16.8 Å². The van der Waals surface area contributed by atoms with Crippen LogP contribution >= 0.6 is 0 Å². The third-order valence-electron chi connectivity index (χ3n) is 4.10. The topological polar surface area (TPSA) is 68.6 Å². The molecule has 0 unspecified atom stereocenters. The van der Waals surface area contributed by atoms with Crippen molar-refractivity contribution in [2.75, 3.05) is 13.2 Å². The van der Waals surface area contributed by atoms with Crippen LogP contribution in [0.5, 0.6) is 0 Å². The van der Waals surface area contributed by atoms with E-state index in [2.05, 4.69) is 20.3 Å². The van der Waals surface area contributed by atoms with Crippen LogP contribution in [-0.4, -0.2) is 38.2 Å². The third-order valence-corrected chi connectivity index (χ3v) is 4.10. The molecule has 1 aliphatic heterocycles. The van der Waals surface area contributed by atoms with Gasteiger partial charge in [-0.3, -0.25) is 5.10 Å². The summed E-state index contributed by atoms with van der Waals surface area (Å²) in [5.74, 6) is -0.0582. The van der Waals surface area contributed by atoms with Gasteiger partial charge < -0.3 is 4.74 Å². The monoisotopic (exact) mass is 331 g/mol. The second-order valence-corrected chi connectivity index (χ2v) is 5.67. The summed E-state index contributed by atoms with van der Waals surface area (Å²) in [6.45, 7) is 1.32. The molecule has 0 saturated carbocycles. The van der Waals surface area contributed by atoms with Crippen LogP contribution in [0.25, 0.3) is 17.1 Å². The van der Waals surface area contributed by atoms with E-state index in [9.17, 15) is 8.78 Å². The Kier molecular flexibility index (Phi) is 3.81. The Bertz CT molecular complexity index is 840. The Morgan fingerprint density at radius 2 is 2.04 bits per heavy atom. The number of benzene rings is 1. The van der Waals surface area contributed by atoms with Crippen molar-refractivity contribution >= 4 is 0 Å². The summed E-state index contributed by atoms with van der Waals surface area (Å²) in [4.78, 5) is 4.59. The lowest BCUT2D eigenvalue weighted by molar-refractivity contribution is 0.0836. The van der Waals surface area contributed by atoms with E-state index in [1.54, 1.807) is 12.4 Å². The van der Waals surface area contributed by atoms with Crippen molar-refractivity contribution in [1.82, 2.24) is 25.0 Å². The highest BCUT2D eigenvalue weighted by atomic mass is 19.1. The first kappa shape index (κ1) is 14.9. The molecule has 2 aromatic heterocycles. The zero-order valence-corrected chi connectivity index (χ0v) is 12.7. The standard InChI is InChI=1S/C16H15F2N5O/c17-12-1-2-14(13(18)7-12)23-16(11-8-19-20-9-11)21-15(22-23)10-3-5-24-6-4-10/h1-2,7-10H,3-6H2,(H,19,20). The quantitative estimate of drug-likeness (QED) is 0.801. The van der Waals surface area contributed by atoms with Gasteiger partial charge in [0.05, 0.1) is 11.8 Å². The Morgan fingerprint density at radius 3 is 2.75 bits per heavy atom. The van der Waals surface area contributed by atoms with Crippen LogP contribution in [0.15, 0.2) is 30.6 Å². The predicted molar refractivity (Wildman–Crippen MR) is 81.7 cm³/mol. The smallest absolute Gasteiger partial charge is 0.166 e. The zero-order chi connectivity index (χ0) is 16.5. The molecule has 0 radical (unpaired) electrons. The van der Waals surface area contributed by atoms with Crippen LogP contribution in [0.2, 0.25) is 0 Å². The Labute approximate surface area is 136 Å². The first-order chi connectivity index (χ1) is 11.7. The van der Waals surface area contributed by atoms with Gasteiger partial charge in [0.25, 0.3) is 0 Å². The zero-order valence-electron chi connectivity index (χ0n) is 12.7. The number of ether oxygens (including phenoxy) is 1. The maximum Gasteiger partial charge on any atom is 0.166 e. The molecule has 0 bridgehead atoms. The lowest BCUT2D eigenvalue weighted by Crippen LogP contribution is -2.15. The molecule has 24 heavy (non-hydrogen) atoms. The molecule has 3 aromatic rings. The predicted octanol–water partition coefficient (Wildman–Crippen LogP) is 2.83. The van der Waals surface area contributed by atoms with Crippen molar-refractivity contribution in [1.29, 1.82) is 0 Å². The summed E-state index contributed by atoms with van der Waals surface area (Å²) in [6.07, 6.45) is 4.90. The number of aromatic amines is 1. The van der Waals surface area contributed by atoms with Crippen molar-refractivity contribution in [2.45, 2.75) is 18.8 Å². The number of nitrogens with zero attached hydrogens (tertiary/aromatic N) is 4. The number of hydrogen-bond donors (Lipinski definition) is 1. The summed E-state index contributed by atoms with van der Waals surface area (Å²) in [7, 11) is 0. The van der Waals surface area contributed by atoms with Gasteiger partial charge in [0.2, 0.25) is 0 Å². The average molecular weight is 331 g/mol. The second-order valence-electron chi connectivity index (χ2n) is 5.67. The van der Waals surface area contributed by atoms with E-state index in [4.69, 9.17) is 4.74 Å². The largest absolute Gasteiger partial charge is 0.381 e. The molecule has 3 heterocycles. The molecule has 1 aromatic carbocycles. The summed E-state index contributed by atoms with van der Waals surface area (Å²) in [5.41, 5.74) is 0.836. The first-order valence-electron chi connectivity index (χ1n) is 7.71. The molecular weight excluding hydrogens is 316 g/mol. The molecule has 8 heteroatoms. The van der Waals surface area contributed by atoms with Crippen molar-refractivity contribution in [2.24, 2.45) is 0 Å². The molecule has 1 N–H and O–H groups in total. The molecule has 1 fully saturated rings. The Morgan fingerprint density at radius 1 is 1.21 bits per heavy atom. The maximum atomic E-state index is 14.2. The lowest BCUT2D eigenvalue weighted by Gasteiger charge is -2.18. The summed E-state index contributed by atoms with van der Waals surface area (Å²) in [5, 5.41) is 11.1. The highest BCUT2D eigenvalue weighted by molar-refractivity contribution is 5.56. The molecular formula is C16H15F2N5O. The second kappa shape index (κ2) is 6.12. The molecule has 1 aliphatic rings. The number of halogens is 2. The number of nitrogens with one attached hydrogen (secondary N) is 1.